The van der Waals surface area contributed by atoms with Gasteiger partial charge in [0.25, 0.3) is 0 Å². The number of hydrogen-bond acceptors (Lipinski definition) is 2. The summed E-state index contributed by atoms with van der Waals surface area (Å²) in [7, 11) is 0. The summed E-state index contributed by atoms with van der Waals surface area (Å²) in [4.78, 5) is 10.6. The Kier molecular flexibility index (Phi) is 3.12. The predicted molar refractivity (Wildman–Crippen MR) is 53.6 cm³/mol. The molecule has 0 saturated carbocycles. The third kappa shape index (κ3) is 2.25. The number of hydrogen-bond donors (Lipinski definition) is 1. The molecule has 0 spiro atoms. The van der Waals surface area contributed by atoms with Crippen LogP contribution in [-0.2, 0) is 4.79 Å². The van der Waals surface area contributed by atoms with Crippen LogP contribution in [0.5, 0.6) is 5.75 Å². The van der Waals surface area contributed by atoms with Gasteiger partial charge in [-0.15, -0.1) is 0 Å². The first kappa shape index (κ1) is 10.6. The minimum Gasteiger partial charge on any atom is -0.479 e. The molecule has 3 nitrogen and oxygen atoms in total. The molecule has 1 aromatic rings. The fraction of sp³-hybridized carbons (Fsp3) is 0.364. The van der Waals surface area contributed by atoms with E-state index in [-0.39, 0.29) is 0 Å². The van der Waals surface area contributed by atoms with Crippen LogP contribution < -0.4 is 4.74 Å². The van der Waals surface area contributed by atoms with Crippen molar-refractivity contribution in [3.05, 3.63) is 29.3 Å². The van der Waals surface area contributed by atoms with E-state index in [1.807, 2.05) is 26.0 Å². The largest absolute Gasteiger partial charge is 0.479 e. The molecular formula is C11H14O3. The van der Waals surface area contributed by atoms with Gasteiger partial charge in [0.15, 0.2) is 6.10 Å². The summed E-state index contributed by atoms with van der Waals surface area (Å²) < 4.78 is 5.29. The Morgan fingerprint density at radius 3 is 2.64 bits per heavy atom. The third-order valence-corrected chi connectivity index (χ3v) is 2.21. The molecule has 0 bridgehead atoms. The normalized spacial score (nSPS) is 12.2. The highest BCUT2D eigenvalue weighted by molar-refractivity contribution is 5.72. The van der Waals surface area contributed by atoms with Crippen LogP contribution in [0.3, 0.4) is 0 Å². The highest BCUT2D eigenvalue weighted by atomic mass is 16.5. The highest BCUT2D eigenvalue weighted by Crippen LogP contribution is 2.21. The molecule has 14 heavy (non-hydrogen) atoms. The van der Waals surface area contributed by atoms with E-state index in [0.717, 1.165) is 11.1 Å². The second-order valence-electron chi connectivity index (χ2n) is 3.30. The average Bonchev–Trinajstić information content (AvgIpc) is 2.12. The van der Waals surface area contributed by atoms with E-state index in [4.69, 9.17) is 9.84 Å². The number of carboxylic acid groups (broad SMARTS) is 1. The highest BCUT2D eigenvalue weighted by Gasteiger charge is 2.13. The minimum absolute atomic E-state index is 0.639. The van der Waals surface area contributed by atoms with Crippen LogP contribution in [-0.4, -0.2) is 17.2 Å². The van der Waals surface area contributed by atoms with Gasteiger partial charge in [-0.1, -0.05) is 12.1 Å². The lowest BCUT2D eigenvalue weighted by Gasteiger charge is -2.13. The molecule has 0 heterocycles. The summed E-state index contributed by atoms with van der Waals surface area (Å²) >= 11 is 0. The Balaban J connectivity index is 2.87. The molecule has 0 aliphatic carbocycles. The third-order valence-electron chi connectivity index (χ3n) is 2.21. The molecule has 0 radical (unpaired) electrons. The summed E-state index contributed by atoms with van der Waals surface area (Å²) in [5.74, 6) is -0.314. The topological polar surface area (TPSA) is 46.5 Å². The van der Waals surface area contributed by atoms with Crippen molar-refractivity contribution >= 4 is 5.97 Å². The first-order valence-corrected chi connectivity index (χ1v) is 4.48. The smallest absolute Gasteiger partial charge is 0.344 e. The lowest BCUT2D eigenvalue weighted by Crippen LogP contribution is -2.23. The summed E-state index contributed by atoms with van der Waals surface area (Å²) in [6.07, 6.45) is -0.810. The van der Waals surface area contributed by atoms with Gasteiger partial charge >= 0.3 is 5.97 Å². The van der Waals surface area contributed by atoms with Crippen molar-refractivity contribution in [3.8, 4) is 5.75 Å². The van der Waals surface area contributed by atoms with Crippen molar-refractivity contribution in [2.45, 2.75) is 26.9 Å². The van der Waals surface area contributed by atoms with Crippen LogP contribution in [0.2, 0.25) is 0 Å². The zero-order valence-electron chi connectivity index (χ0n) is 8.57. The van der Waals surface area contributed by atoms with Crippen molar-refractivity contribution in [2.75, 3.05) is 0 Å². The number of ether oxygens (including phenoxy) is 1. The summed E-state index contributed by atoms with van der Waals surface area (Å²) in [6, 6.07) is 5.60. The quantitative estimate of drug-likeness (QED) is 0.802. The molecule has 0 saturated heterocycles. The van der Waals surface area contributed by atoms with Gasteiger partial charge in [0, 0.05) is 0 Å². The number of rotatable bonds is 3. The maximum absolute atomic E-state index is 10.6. The van der Waals surface area contributed by atoms with Gasteiger partial charge in [0.05, 0.1) is 0 Å². The van der Waals surface area contributed by atoms with E-state index in [2.05, 4.69) is 0 Å². The lowest BCUT2D eigenvalue weighted by atomic mass is 10.1. The van der Waals surface area contributed by atoms with Crippen molar-refractivity contribution < 1.29 is 14.6 Å². The van der Waals surface area contributed by atoms with Gasteiger partial charge in [-0.3, -0.25) is 0 Å². The molecule has 0 aliphatic heterocycles. The van der Waals surface area contributed by atoms with Crippen LogP contribution in [0, 0.1) is 13.8 Å². The van der Waals surface area contributed by atoms with E-state index >= 15 is 0 Å². The number of benzene rings is 1. The zero-order valence-corrected chi connectivity index (χ0v) is 8.57. The zero-order chi connectivity index (χ0) is 10.7. The summed E-state index contributed by atoms with van der Waals surface area (Å²) in [5, 5.41) is 8.68. The number of aryl methyl sites for hydroxylation is 1. The molecule has 0 aliphatic rings. The SMILES string of the molecule is Cc1cccc(O[C@@H](C)C(=O)O)c1C. The molecule has 0 fully saturated rings. The fourth-order valence-corrected chi connectivity index (χ4v) is 1.09. The Bertz CT molecular complexity index is 344. The Morgan fingerprint density at radius 2 is 2.07 bits per heavy atom. The Morgan fingerprint density at radius 1 is 1.43 bits per heavy atom. The van der Waals surface area contributed by atoms with Crippen molar-refractivity contribution in [3.63, 3.8) is 0 Å². The van der Waals surface area contributed by atoms with E-state index in [1.165, 1.54) is 6.92 Å². The molecule has 3 heteroatoms. The van der Waals surface area contributed by atoms with Crippen LogP contribution in [0.4, 0.5) is 0 Å². The van der Waals surface area contributed by atoms with E-state index in [9.17, 15) is 4.79 Å². The number of carbonyl (C=O) groups is 1. The van der Waals surface area contributed by atoms with Gasteiger partial charge in [0.2, 0.25) is 0 Å². The first-order valence-electron chi connectivity index (χ1n) is 4.48. The van der Waals surface area contributed by atoms with E-state index in [0.29, 0.717) is 5.75 Å². The first-order chi connectivity index (χ1) is 6.52. The maximum atomic E-state index is 10.6. The number of carboxylic acids is 1. The Labute approximate surface area is 83.3 Å². The standard InChI is InChI=1S/C11H14O3/c1-7-5-4-6-10(8(7)2)14-9(3)11(12)13/h4-6,9H,1-3H3,(H,12,13)/t9-/m0/s1. The van der Waals surface area contributed by atoms with Gasteiger partial charge in [0.1, 0.15) is 5.75 Å². The Hall–Kier alpha value is -1.51. The average molecular weight is 194 g/mol. The summed E-state index contributed by atoms with van der Waals surface area (Å²) in [5.41, 5.74) is 2.08. The van der Waals surface area contributed by atoms with Crippen molar-refractivity contribution in [1.82, 2.24) is 0 Å². The lowest BCUT2D eigenvalue weighted by molar-refractivity contribution is -0.144. The molecule has 0 aromatic heterocycles. The number of aliphatic carboxylic acids is 1. The second-order valence-corrected chi connectivity index (χ2v) is 3.30. The maximum Gasteiger partial charge on any atom is 0.344 e. The van der Waals surface area contributed by atoms with Gasteiger partial charge in [-0.05, 0) is 38.0 Å². The molecule has 1 rings (SSSR count). The van der Waals surface area contributed by atoms with Crippen molar-refractivity contribution in [2.24, 2.45) is 0 Å². The predicted octanol–water partition coefficient (Wildman–Crippen LogP) is 2.16. The van der Waals surface area contributed by atoms with Crippen LogP contribution >= 0.6 is 0 Å². The van der Waals surface area contributed by atoms with Crippen molar-refractivity contribution in [1.29, 1.82) is 0 Å². The fourth-order valence-electron chi connectivity index (χ4n) is 1.09. The van der Waals surface area contributed by atoms with Gasteiger partial charge in [-0.2, -0.15) is 0 Å². The molecule has 1 aromatic carbocycles. The molecule has 76 valence electrons. The van der Waals surface area contributed by atoms with E-state index < -0.39 is 12.1 Å². The van der Waals surface area contributed by atoms with Gasteiger partial charge < -0.3 is 9.84 Å². The monoisotopic (exact) mass is 194 g/mol. The molecule has 0 amide bonds. The molecular weight excluding hydrogens is 180 g/mol. The van der Waals surface area contributed by atoms with Crippen LogP contribution in [0.25, 0.3) is 0 Å². The van der Waals surface area contributed by atoms with Crippen LogP contribution in [0.15, 0.2) is 18.2 Å². The second kappa shape index (κ2) is 4.13. The molecule has 1 atom stereocenters. The molecule has 1 N–H and O–H groups in total. The van der Waals surface area contributed by atoms with Gasteiger partial charge in [-0.25, -0.2) is 4.79 Å². The molecule has 0 unspecified atom stereocenters. The van der Waals surface area contributed by atoms with Crippen LogP contribution in [0.1, 0.15) is 18.1 Å². The minimum atomic E-state index is -0.953. The summed E-state index contributed by atoms with van der Waals surface area (Å²) in [6.45, 7) is 5.40. The van der Waals surface area contributed by atoms with E-state index in [1.54, 1.807) is 6.07 Å².